The number of sulfone groups is 1. The molecule has 1 aromatic rings. The summed E-state index contributed by atoms with van der Waals surface area (Å²) in [5.41, 5.74) is 0.258. The highest BCUT2D eigenvalue weighted by Gasteiger charge is 2.25. The number of hydrogen-bond acceptors (Lipinski definition) is 5. The van der Waals surface area contributed by atoms with Crippen LogP contribution in [0.5, 0.6) is 0 Å². The third-order valence-electron chi connectivity index (χ3n) is 2.98. The Labute approximate surface area is 115 Å². The lowest BCUT2D eigenvalue weighted by atomic mass is 10.1. The zero-order valence-electron chi connectivity index (χ0n) is 10.0. The van der Waals surface area contributed by atoms with Gasteiger partial charge in [-0.05, 0) is 17.5 Å². The molecule has 6 nitrogen and oxygen atoms in total. The highest BCUT2D eigenvalue weighted by Crippen LogP contribution is 2.24. The van der Waals surface area contributed by atoms with Crippen molar-refractivity contribution in [3.63, 3.8) is 0 Å². The molecule has 0 aromatic heterocycles. The molecule has 1 aliphatic heterocycles. The molecular weight excluding hydrogens is 292 g/mol. The lowest BCUT2D eigenvalue weighted by Gasteiger charge is -2.26. The monoisotopic (exact) mass is 304 g/mol. The highest BCUT2D eigenvalue weighted by molar-refractivity contribution is 7.90. The lowest BCUT2D eigenvalue weighted by Crippen LogP contribution is -2.45. The minimum Gasteiger partial charge on any atom is -0.316 e. The zero-order chi connectivity index (χ0) is 14.0. The average molecular weight is 305 g/mol. The Balaban J connectivity index is 2.11. The van der Waals surface area contributed by atoms with E-state index in [9.17, 15) is 18.5 Å². The molecule has 0 atom stereocenters. The predicted molar refractivity (Wildman–Crippen MR) is 72.0 cm³/mol. The van der Waals surface area contributed by atoms with Crippen LogP contribution in [0.15, 0.2) is 18.2 Å². The molecule has 1 N–H and O–H groups in total. The van der Waals surface area contributed by atoms with E-state index < -0.39 is 14.8 Å². The first-order valence-corrected chi connectivity index (χ1v) is 7.91. The van der Waals surface area contributed by atoms with Crippen LogP contribution in [-0.4, -0.2) is 32.2 Å². The van der Waals surface area contributed by atoms with Crippen LogP contribution in [0.3, 0.4) is 0 Å². The van der Waals surface area contributed by atoms with Gasteiger partial charge in [0.1, 0.15) is 0 Å². The van der Waals surface area contributed by atoms with E-state index >= 15 is 0 Å². The van der Waals surface area contributed by atoms with Gasteiger partial charge in [0.15, 0.2) is 9.84 Å². The predicted octanol–water partition coefficient (Wildman–Crippen LogP) is 1.38. The largest absolute Gasteiger partial charge is 0.316 e. The second-order valence-electron chi connectivity index (χ2n) is 4.61. The van der Waals surface area contributed by atoms with Crippen molar-refractivity contribution in [1.82, 2.24) is 5.32 Å². The Kier molecular flexibility index (Phi) is 4.07. The maximum Gasteiger partial charge on any atom is 0.270 e. The standard InChI is InChI=1S/C11H13ClN2O4S/c12-11-3-10(14(15)16)2-1-9(11)7-19(17,18)6-8-4-13-5-8/h1-3,8,13H,4-7H2. The summed E-state index contributed by atoms with van der Waals surface area (Å²) in [7, 11) is -3.24. The maximum atomic E-state index is 12.0. The van der Waals surface area contributed by atoms with Crippen molar-refractivity contribution in [2.45, 2.75) is 5.75 Å². The van der Waals surface area contributed by atoms with Crippen molar-refractivity contribution in [2.75, 3.05) is 18.8 Å². The highest BCUT2D eigenvalue weighted by atomic mass is 35.5. The first-order valence-electron chi connectivity index (χ1n) is 5.71. The van der Waals surface area contributed by atoms with Crippen LogP contribution in [0.1, 0.15) is 5.56 Å². The van der Waals surface area contributed by atoms with Gasteiger partial charge in [-0.15, -0.1) is 0 Å². The molecule has 0 saturated carbocycles. The van der Waals surface area contributed by atoms with Crippen molar-refractivity contribution in [3.05, 3.63) is 38.9 Å². The van der Waals surface area contributed by atoms with E-state index in [4.69, 9.17) is 11.6 Å². The van der Waals surface area contributed by atoms with Crippen LogP contribution in [-0.2, 0) is 15.6 Å². The van der Waals surface area contributed by atoms with Gasteiger partial charge in [0.2, 0.25) is 0 Å². The summed E-state index contributed by atoms with van der Waals surface area (Å²) in [6, 6.07) is 3.84. The van der Waals surface area contributed by atoms with Crippen molar-refractivity contribution in [2.24, 2.45) is 5.92 Å². The zero-order valence-corrected chi connectivity index (χ0v) is 11.6. The Morgan fingerprint density at radius 1 is 1.42 bits per heavy atom. The number of nitro benzene ring substituents is 1. The molecule has 0 spiro atoms. The van der Waals surface area contributed by atoms with Gasteiger partial charge in [0, 0.05) is 25.2 Å². The molecule has 0 bridgehead atoms. The van der Waals surface area contributed by atoms with Gasteiger partial charge in [0.25, 0.3) is 5.69 Å². The molecular formula is C11H13ClN2O4S. The molecule has 1 aliphatic rings. The Morgan fingerprint density at radius 3 is 2.58 bits per heavy atom. The number of hydrogen-bond donors (Lipinski definition) is 1. The van der Waals surface area contributed by atoms with Crippen molar-refractivity contribution < 1.29 is 13.3 Å². The Morgan fingerprint density at radius 2 is 2.11 bits per heavy atom. The van der Waals surface area contributed by atoms with E-state index in [-0.39, 0.29) is 28.1 Å². The summed E-state index contributed by atoms with van der Waals surface area (Å²) in [6.45, 7) is 1.43. The second kappa shape index (κ2) is 5.44. The minimum atomic E-state index is -3.24. The molecule has 0 aliphatic carbocycles. The summed E-state index contributed by atoms with van der Waals surface area (Å²) in [6.07, 6.45) is 0. The summed E-state index contributed by atoms with van der Waals surface area (Å²) in [5, 5.41) is 13.7. The van der Waals surface area contributed by atoms with Gasteiger partial charge in [-0.3, -0.25) is 10.1 Å². The molecule has 1 aromatic carbocycles. The summed E-state index contributed by atoms with van der Waals surface area (Å²) < 4.78 is 23.9. The normalized spacial score (nSPS) is 16.1. The van der Waals surface area contributed by atoms with Crippen LogP contribution in [0, 0.1) is 16.0 Å². The number of non-ortho nitro benzene ring substituents is 1. The van der Waals surface area contributed by atoms with Gasteiger partial charge in [0.05, 0.1) is 21.5 Å². The van der Waals surface area contributed by atoms with E-state index in [1.165, 1.54) is 18.2 Å². The minimum absolute atomic E-state index is 0.115. The van der Waals surface area contributed by atoms with Gasteiger partial charge >= 0.3 is 0 Å². The smallest absolute Gasteiger partial charge is 0.270 e. The van der Waals surface area contributed by atoms with Crippen molar-refractivity contribution >= 4 is 27.1 Å². The quantitative estimate of drug-likeness (QED) is 0.656. The SMILES string of the molecule is O=[N+]([O-])c1ccc(CS(=O)(=O)CC2CNC2)c(Cl)c1. The van der Waals surface area contributed by atoms with Gasteiger partial charge in [-0.1, -0.05) is 11.6 Å². The van der Waals surface area contributed by atoms with Crippen LogP contribution in [0.25, 0.3) is 0 Å². The van der Waals surface area contributed by atoms with E-state index in [1.807, 2.05) is 0 Å². The Bertz CT molecular complexity index is 599. The lowest BCUT2D eigenvalue weighted by molar-refractivity contribution is -0.384. The van der Waals surface area contributed by atoms with Crippen molar-refractivity contribution in [3.8, 4) is 0 Å². The molecule has 19 heavy (non-hydrogen) atoms. The van der Waals surface area contributed by atoms with E-state index in [0.29, 0.717) is 18.7 Å². The number of halogens is 1. The van der Waals surface area contributed by atoms with Crippen LogP contribution in [0.4, 0.5) is 5.69 Å². The molecule has 2 rings (SSSR count). The molecule has 0 radical (unpaired) electrons. The van der Waals surface area contributed by atoms with Crippen molar-refractivity contribution in [1.29, 1.82) is 0 Å². The molecule has 0 amide bonds. The van der Waals surface area contributed by atoms with E-state index in [1.54, 1.807) is 0 Å². The number of nitro groups is 1. The summed E-state index contributed by atoms with van der Waals surface area (Å²) in [4.78, 5) is 10.00. The van der Waals surface area contributed by atoms with Gasteiger partial charge < -0.3 is 5.32 Å². The number of nitrogens with one attached hydrogen (secondary N) is 1. The third-order valence-corrected chi connectivity index (χ3v) is 5.06. The molecule has 0 unspecified atom stereocenters. The van der Waals surface area contributed by atoms with Gasteiger partial charge in [-0.25, -0.2) is 8.42 Å². The van der Waals surface area contributed by atoms with E-state index in [2.05, 4.69) is 5.32 Å². The molecule has 1 fully saturated rings. The van der Waals surface area contributed by atoms with Crippen LogP contribution < -0.4 is 5.32 Å². The fourth-order valence-corrected chi connectivity index (χ4v) is 4.01. The van der Waals surface area contributed by atoms with Gasteiger partial charge in [-0.2, -0.15) is 0 Å². The van der Waals surface area contributed by atoms with Crippen LogP contribution in [0.2, 0.25) is 5.02 Å². The first kappa shape index (κ1) is 14.2. The summed E-state index contributed by atoms with van der Waals surface area (Å²) in [5.74, 6) is 0.0926. The van der Waals surface area contributed by atoms with Crippen LogP contribution >= 0.6 is 11.6 Å². The van der Waals surface area contributed by atoms with E-state index in [0.717, 1.165) is 0 Å². The fourth-order valence-electron chi connectivity index (χ4n) is 1.89. The third kappa shape index (κ3) is 3.65. The molecule has 1 saturated heterocycles. The molecule has 8 heteroatoms. The molecule has 1 heterocycles. The average Bonchev–Trinajstić information content (AvgIpc) is 2.26. The maximum absolute atomic E-state index is 12.0. The number of rotatable bonds is 5. The number of nitrogens with zero attached hydrogens (tertiary/aromatic N) is 1. The molecule has 104 valence electrons. The number of benzene rings is 1. The first-order chi connectivity index (χ1) is 8.87. The Hall–Kier alpha value is -1.18. The summed E-state index contributed by atoms with van der Waals surface area (Å²) >= 11 is 5.88. The fraction of sp³-hybridized carbons (Fsp3) is 0.455. The topological polar surface area (TPSA) is 89.3 Å². The second-order valence-corrected chi connectivity index (χ2v) is 7.13.